The van der Waals surface area contributed by atoms with Crippen molar-refractivity contribution in [2.45, 2.75) is 32.7 Å². The molecule has 2 rings (SSSR count). The van der Waals surface area contributed by atoms with Crippen molar-refractivity contribution in [1.29, 1.82) is 0 Å². The second-order valence-corrected chi connectivity index (χ2v) is 4.89. The summed E-state index contributed by atoms with van der Waals surface area (Å²) < 4.78 is 0. The van der Waals surface area contributed by atoms with Crippen molar-refractivity contribution in [2.24, 2.45) is 0 Å². The Kier molecular flexibility index (Phi) is 2.70. The first kappa shape index (κ1) is 10.5. The molecule has 1 aliphatic heterocycles. The highest BCUT2D eigenvalue weighted by Gasteiger charge is 2.18. The fourth-order valence-corrected chi connectivity index (χ4v) is 2.42. The molecule has 0 radical (unpaired) electrons. The van der Waals surface area contributed by atoms with E-state index in [4.69, 9.17) is 5.73 Å². The number of fused-ring (bicyclic) bond motifs is 1. The van der Waals surface area contributed by atoms with Crippen LogP contribution in [0.1, 0.15) is 36.5 Å². The summed E-state index contributed by atoms with van der Waals surface area (Å²) in [4.78, 5) is 2.35. The largest absolute Gasteiger partial charge is 0.399 e. The van der Waals surface area contributed by atoms with Crippen LogP contribution in [0.4, 0.5) is 5.69 Å². The van der Waals surface area contributed by atoms with Crippen molar-refractivity contribution in [3.8, 4) is 0 Å². The fourth-order valence-electron chi connectivity index (χ4n) is 2.42. The first-order chi connectivity index (χ1) is 7.08. The van der Waals surface area contributed by atoms with Crippen molar-refractivity contribution >= 4 is 5.69 Å². The highest BCUT2D eigenvalue weighted by molar-refractivity contribution is 5.51. The first-order valence-corrected chi connectivity index (χ1v) is 5.67. The zero-order valence-corrected chi connectivity index (χ0v) is 9.88. The monoisotopic (exact) mass is 204 g/mol. The Balaban J connectivity index is 2.49. The summed E-state index contributed by atoms with van der Waals surface area (Å²) in [5.41, 5.74) is 11.3. The van der Waals surface area contributed by atoms with Gasteiger partial charge in [-0.15, -0.1) is 0 Å². The molecule has 1 aromatic carbocycles. The number of benzene rings is 1. The number of anilines is 1. The van der Waals surface area contributed by atoms with Crippen molar-refractivity contribution in [1.82, 2.24) is 4.90 Å². The van der Waals surface area contributed by atoms with Crippen LogP contribution in [-0.2, 0) is 13.0 Å². The molecular weight excluding hydrogens is 184 g/mol. The number of hydrogen-bond donors (Lipinski definition) is 1. The van der Waals surface area contributed by atoms with Crippen LogP contribution in [0.25, 0.3) is 0 Å². The molecule has 0 saturated carbocycles. The molecule has 2 nitrogen and oxygen atoms in total. The zero-order valence-electron chi connectivity index (χ0n) is 9.88. The standard InChI is InChI=1S/C13H20N2/c1-9(2)13-7-11(14)6-10-8-15(3)5-4-12(10)13/h6-7,9H,4-5,8,14H2,1-3H3. The van der Waals surface area contributed by atoms with Crippen LogP contribution in [0.15, 0.2) is 12.1 Å². The zero-order chi connectivity index (χ0) is 11.0. The van der Waals surface area contributed by atoms with Crippen molar-refractivity contribution in [2.75, 3.05) is 19.3 Å². The Bertz CT molecular complexity index is 369. The number of hydrogen-bond acceptors (Lipinski definition) is 2. The molecule has 2 heteroatoms. The third-order valence-electron chi connectivity index (χ3n) is 3.20. The van der Waals surface area contributed by atoms with Crippen LogP contribution in [0.3, 0.4) is 0 Å². The van der Waals surface area contributed by atoms with Gasteiger partial charge in [-0.05, 0) is 48.2 Å². The Morgan fingerprint density at radius 3 is 2.73 bits per heavy atom. The molecule has 0 amide bonds. The molecule has 0 bridgehead atoms. The van der Waals surface area contributed by atoms with Gasteiger partial charge in [0.25, 0.3) is 0 Å². The second-order valence-electron chi connectivity index (χ2n) is 4.89. The molecule has 0 atom stereocenters. The van der Waals surface area contributed by atoms with Gasteiger partial charge < -0.3 is 10.6 Å². The topological polar surface area (TPSA) is 29.3 Å². The summed E-state index contributed by atoms with van der Waals surface area (Å²) in [6, 6.07) is 4.28. The SMILES string of the molecule is CC(C)c1cc(N)cc2c1CCN(C)C2. The molecule has 0 saturated heterocycles. The summed E-state index contributed by atoms with van der Waals surface area (Å²) in [6.07, 6.45) is 1.17. The van der Waals surface area contributed by atoms with Crippen molar-refractivity contribution < 1.29 is 0 Å². The molecule has 0 aromatic heterocycles. The van der Waals surface area contributed by atoms with Crippen LogP contribution < -0.4 is 5.73 Å². The van der Waals surface area contributed by atoms with Gasteiger partial charge in [-0.1, -0.05) is 13.8 Å². The Labute approximate surface area is 92.1 Å². The predicted octanol–water partition coefficient (Wildman–Crippen LogP) is 2.38. The molecule has 15 heavy (non-hydrogen) atoms. The number of likely N-dealkylation sites (N-methyl/N-ethyl adjacent to an activating group) is 1. The Morgan fingerprint density at radius 1 is 1.33 bits per heavy atom. The fraction of sp³-hybridized carbons (Fsp3) is 0.538. The molecular formula is C13H20N2. The van der Waals surface area contributed by atoms with Gasteiger partial charge in [0, 0.05) is 18.8 Å². The summed E-state index contributed by atoms with van der Waals surface area (Å²) in [7, 11) is 2.17. The smallest absolute Gasteiger partial charge is 0.0320 e. The van der Waals surface area contributed by atoms with E-state index in [0.29, 0.717) is 5.92 Å². The van der Waals surface area contributed by atoms with Crippen LogP contribution >= 0.6 is 0 Å². The van der Waals surface area contributed by atoms with E-state index < -0.39 is 0 Å². The van der Waals surface area contributed by atoms with Gasteiger partial charge in [0.1, 0.15) is 0 Å². The van der Waals surface area contributed by atoms with E-state index in [1.54, 1.807) is 0 Å². The lowest BCUT2D eigenvalue weighted by Gasteiger charge is -2.28. The quantitative estimate of drug-likeness (QED) is 0.712. The lowest BCUT2D eigenvalue weighted by Crippen LogP contribution is -2.27. The molecule has 1 heterocycles. The minimum Gasteiger partial charge on any atom is -0.399 e. The molecule has 0 fully saturated rings. The van der Waals surface area contributed by atoms with Crippen molar-refractivity contribution in [3.63, 3.8) is 0 Å². The third-order valence-corrected chi connectivity index (χ3v) is 3.20. The third kappa shape index (κ3) is 2.00. The lowest BCUT2D eigenvalue weighted by molar-refractivity contribution is 0.312. The van der Waals surface area contributed by atoms with Gasteiger partial charge in [-0.25, -0.2) is 0 Å². The highest BCUT2D eigenvalue weighted by Crippen LogP contribution is 2.29. The second kappa shape index (κ2) is 3.86. The normalized spacial score (nSPS) is 16.8. The molecule has 0 unspecified atom stereocenters. The number of rotatable bonds is 1. The molecule has 82 valence electrons. The van der Waals surface area contributed by atoms with Crippen LogP contribution in [0, 0.1) is 0 Å². The van der Waals surface area contributed by atoms with E-state index >= 15 is 0 Å². The number of nitrogen functional groups attached to an aromatic ring is 1. The minimum absolute atomic E-state index is 0.575. The molecule has 1 aromatic rings. The number of nitrogens with zero attached hydrogens (tertiary/aromatic N) is 1. The van der Waals surface area contributed by atoms with Crippen LogP contribution in [-0.4, -0.2) is 18.5 Å². The van der Waals surface area contributed by atoms with E-state index in [9.17, 15) is 0 Å². The maximum absolute atomic E-state index is 5.95. The lowest BCUT2D eigenvalue weighted by atomic mass is 9.88. The van der Waals surface area contributed by atoms with Gasteiger partial charge in [0.15, 0.2) is 0 Å². The number of nitrogens with two attached hydrogens (primary N) is 1. The van der Waals surface area contributed by atoms with Gasteiger partial charge in [-0.3, -0.25) is 0 Å². The van der Waals surface area contributed by atoms with E-state index in [0.717, 1.165) is 18.8 Å². The Hall–Kier alpha value is -1.02. The van der Waals surface area contributed by atoms with Crippen LogP contribution in [0.5, 0.6) is 0 Å². The maximum atomic E-state index is 5.95. The predicted molar refractivity (Wildman–Crippen MR) is 65.0 cm³/mol. The average molecular weight is 204 g/mol. The van der Waals surface area contributed by atoms with Crippen LogP contribution in [0.2, 0.25) is 0 Å². The summed E-state index contributed by atoms with van der Waals surface area (Å²) in [5, 5.41) is 0. The van der Waals surface area contributed by atoms with Crippen molar-refractivity contribution in [3.05, 3.63) is 28.8 Å². The van der Waals surface area contributed by atoms with Gasteiger partial charge in [-0.2, -0.15) is 0 Å². The summed E-state index contributed by atoms with van der Waals surface area (Å²) >= 11 is 0. The van der Waals surface area contributed by atoms with E-state index in [2.05, 4.69) is 37.9 Å². The van der Waals surface area contributed by atoms with E-state index in [-0.39, 0.29) is 0 Å². The maximum Gasteiger partial charge on any atom is 0.0320 e. The van der Waals surface area contributed by atoms with E-state index in [1.165, 1.54) is 23.1 Å². The van der Waals surface area contributed by atoms with Gasteiger partial charge in [0.2, 0.25) is 0 Å². The summed E-state index contributed by atoms with van der Waals surface area (Å²) in [6.45, 7) is 6.69. The minimum atomic E-state index is 0.575. The highest BCUT2D eigenvalue weighted by atomic mass is 15.1. The Morgan fingerprint density at radius 2 is 2.07 bits per heavy atom. The molecule has 2 N–H and O–H groups in total. The summed E-state index contributed by atoms with van der Waals surface area (Å²) in [5.74, 6) is 0.575. The van der Waals surface area contributed by atoms with E-state index in [1.807, 2.05) is 0 Å². The van der Waals surface area contributed by atoms with Gasteiger partial charge >= 0.3 is 0 Å². The average Bonchev–Trinajstić information content (AvgIpc) is 2.15. The first-order valence-electron chi connectivity index (χ1n) is 5.67. The molecule has 0 aliphatic carbocycles. The van der Waals surface area contributed by atoms with Gasteiger partial charge in [0.05, 0.1) is 0 Å². The molecule has 0 spiro atoms. The molecule has 1 aliphatic rings.